The predicted octanol–water partition coefficient (Wildman–Crippen LogP) is 3.81. The lowest BCUT2D eigenvalue weighted by atomic mass is 10.2. The number of rotatable bonds is 8. The monoisotopic (exact) mass is 382 g/mol. The molecule has 0 saturated heterocycles. The van der Waals surface area contributed by atoms with Gasteiger partial charge in [0.05, 0.1) is 19.1 Å². The number of nitrogens with zero attached hydrogens (tertiary/aromatic N) is 3. The van der Waals surface area contributed by atoms with Crippen LogP contribution in [0.25, 0.3) is 0 Å². The molecular formula is C19H18N4O5. The van der Waals surface area contributed by atoms with Crippen LogP contribution >= 0.6 is 0 Å². The third kappa shape index (κ3) is 4.26. The van der Waals surface area contributed by atoms with Crippen molar-refractivity contribution in [2.45, 2.75) is 6.54 Å². The number of benzene rings is 2. The van der Waals surface area contributed by atoms with E-state index in [-0.39, 0.29) is 17.4 Å². The summed E-state index contributed by atoms with van der Waals surface area (Å²) in [6, 6.07) is 14.1. The molecule has 2 aromatic carbocycles. The highest BCUT2D eigenvalue weighted by Gasteiger charge is 2.25. The molecule has 28 heavy (non-hydrogen) atoms. The van der Waals surface area contributed by atoms with E-state index in [0.717, 1.165) is 11.3 Å². The molecule has 0 amide bonds. The Kier molecular flexibility index (Phi) is 5.85. The molecule has 144 valence electrons. The molecule has 1 heterocycles. The average Bonchev–Trinajstić information content (AvgIpc) is 2.73. The summed E-state index contributed by atoms with van der Waals surface area (Å²) in [6.07, 6.45) is 1.20. The summed E-state index contributed by atoms with van der Waals surface area (Å²) in [7, 11) is 3.07. The number of nitrogens with one attached hydrogen (secondary N) is 1. The van der Waals surface area contributed by atoms with Gasteiger partial charge in [0.15, 0.2) is 11.5 Å². The highest BCUT2D eigenvalue weighted by Crippen LogP contribution is 2.37. The van der Waals surface area contributed by atoms with Gasteiger partial charge in [-0.3, -0.25) is 10.1 Å². The first-order valence-electron chi connectivity index (χ1n) is 8.29. The van der Waals surface area contributed by atoms with E-state index in [1.54, 1.807) is 31.4 Å². The van der Waals surface area contributed by atoms with E-state index in [0.29, 0.717) is 18.0 Å². The van der Waals surface area contributed by atoms with Crippen LogP contribution in [-0.4, -0.2) is 29.1 Å². The minimum absolute atomic E-state index is 0.0562. The molecule has 0 aliphatic carbocycles. The highest BCUT2D eigenvalue weighted by atomic mass is 16.6. The Morgan fingerprint density at radius 3 is 2.36 bits per heavy atom. The first-order chi connectivity index (χ1) is 13.6. The van der Waals surface area contributed by atoms with Gasteiger partial charge >= 0.3 is 11.6 Å². The standard InChI is InChI=1S/C19H18N4O5/c1-26-14-9-7-13(8-10-14)11-20-18-17(23(24)25)19(22-12-21-18)28-16-6-4-3-5-15(16)27-2/h3-10,12H,11H2,1-2H3,(H,20,21,22). The van der Waals surface area contributed by atoms with Crippen molar-refractivity contribution in [1.82, 2.24) is 9.97 Å². The summed E-state index contributed by atoms with van der Waals surface area (Å²) in [5.41, 5.74) is 0.544. The number of methoxy groups -OCH3 is 2. The molecule has 1 aromatic heterocycles. The maximum Gasteiger partial charge on any atom is 0.373 e. The van der Waals surface area contributed by atoms with E-state index in [1.165, 1.54) is 13.4 Å². The lowest BCUT2D eigenvalue weighted by molar-refractivity contribution is -0.385. The molecule has 0 spiro atoms. The third-order valence-electron chi connectivity index (χ3n) is 3.87. The summed E-state index contributed by atoms with van der Waals surface area (Å²) >= 11 is 0. The summed E-state index contributed by atoms with van der Waals surface area (Å²) in [5.74, 6) is 1.35. The molecule has 3 rings (SSSR count). The van der Waals surface area contributed by atoms with E-state index in [2.05, 4.69) is 15.3 Å². The zero-order valence-corrected chi connectivity index (χ0v) is 15.3. The zero-order valence-electron chi connectivity index (χ0n) is 15.3. The van der Waals surface area contributed by atoms with Crippen LogP contribution in [0.5, 0.6) is 23.1 Å². The Morgan fingerprint density at radius 2 is 1.71 bits per heavy atom. The van der Waals surface area contributed by atoms with Crippen LogP contribution < -0.4 is 19.5 Å². The molecule has 0 aliphatic rings. The van der Waals surface area contributed by atoms with Gasteiger partial charge < -0.3 is 19.5 Å². The van der Waals surface area contributed by atoms with Gasteiger partial charge in [-0.05, 0) is 29.8 Å². The molecule has 0 bridgehead atoms. The van der Waals surface area contributed by atoms with Crippen LogP contribution in [0.15, 0.2) is 54.9 Å². The molecule has 0 fully saturated rings. The number of hydrogen-bond acceptors (Lipinski definition) is 8. The van der Waals surface area contributed by atoms with Gasteiger partial charge in [0.1, 0.15) is 12.1 Å². The Bertz CT molecular complexity index is 963. The van der Waals surface area contributed by atoms with Gasteiger partial charge in [0, 0.05) is 6.54 Å². The normalized spacial score (nSPS) is 10.2. The van der Waals surface area contributed by atoms with Gasteiger partial charge in [-0.1, -0.05) is 24.3 Å². The van der Waals surface area contributed by atoms with Crippen LogP contribution in [0.4, 0.5) is 11.5 Å². The van der Waals surface area contributed by atoms with Crippen molar-refractivity contribution >= 4 is 11.5 Å². The van der Waals surface area contributed by atoms with Crippen molar-refractivity contribution in [2.75, 3.05) is 19.5 Å². The maximum atomic E-state index is 11.6. The molecule has 0 atom stereocenters. The minimum Gasteiger partial charge on any atom is -0.497 e. The summed E-state index contributed by atoms with van der Waals surface area (Å²) in [5, 5.41) is 14.6. The Labute approximate surface area is 161 Å². The first-order valence-corrected chi connectivity index (χ1v) is 8.29. The average molecular weight is 382 g/mol. The van der Waals surface area contributed by atoms with E-state index >= 15 is 0 Å². The van der Waals surface area contributed by atoms with Crippen LogP contribution in [0.2, 0.25) is 0 Å². The molecule has 0 unspecified atom stereocenters. The van der Waals surface area contributed by atoms with Crippen LogP contribution in [0, 0.1) is 10.1 Å². The zero-order chi connectivity index (χ0) is 19.9. The molecular weight excluding hydrogens is 364 g/mol. The van der Waals surface area contributed by atoms with E-state index in [4.69, 9.17) is 14.2 Å². The van der Waals surface area contributed by atoms with Crippen molar-refractivity contribution < 1.29 is 19.1 Å². The quantitative estimate of drug-likeness (QED) is 0.463. The van der Waals surface area contributed by atoms with Gasteiger partial charge in [-0.2, -0.15) is 4.98 Å². The minimum atomic E-state index is -0.582. The van der Waals surface area contributed by atoms with Gasteiger partial charge in [0.2, 0.25) is 5.82 Å². The Balaban J connectivity index is 1.85. The molecule has 9 nitrogen and oxygen atoms in total. The molecule has 3 aromatic rings. The van der Waals surface area contributed by atoms with Crippen LogP contribution in [-0.2, 0) is 6.54 Å². The number of aromatic nitrogens is 2. The lowest BCUT2D eigenvalue weighted by Crippen LogP contribution is -2.07. The SMILES string of the molecule is COc1ccc(CNc2ncnc(Oc3ccccc3OC)c2[N+](=O)[O-])cc1. The Hall–Kier alpha value is -3.88. The highest BCUT2D eigenvalue weighted by molar-refractivity contribution is 5.62. The maximum absolute atomic E-state index is 11.6. The van der Waals surface area contributed by atoms with Crippen molar-refractivity contribution in [3.63, 3.8) is 0 Å². The number of hydrogen-bond donors (Lipinski definition) is 1. The fourth-order valence-corrected chi connectivity index (χ4v) is 2.47. The molecule has 9 heteroatoms. The van der Waals surface area contributed by atoms with Gasteiger partial charge in [-0.15, -0.1) is 0 Å². The molecule has 0 aliphatic heterocycles. The smallest absolute Gasteiger partial charge is 0.373 e. The van der Waals surface area contributed by atoms with E-state index < -0.39 is 4.92 Å². The molecule has 1 N–H and O–H groups in total. The number of para-hydroxylation sites is 2. The third-order valence-corrected chi connectivity index (χ3v) is 3.87. The van der Waals surface area contributed by atoms with Crippen molar-refractivity contribution in [1.29, 1.82) is 0 Å². The second-order valence-electron chi connectivity index (χ2n) is 5.59. The van der Waals surface area contributed by atoms with Gasteiger partial charge in [-0.25, -0.2) is 4.98 Å². The molecule has 0 saturated carbocycles. The Morgan fingerprint density at radius 1 is 1.00 bits per heavy atom. The summed E-state index contributed by atoms with van der Waals surface area (Å²) in [6.45, 7) is 0.329. The fourth-order valence-electron chi connectivity index (χ4n) is 2.47. The van der Waals surface area contributed by atoms with Crippen LogP contribution in [0.1, 0.15) is 5.56 Å². The van der Waals surface area contributed by atoms with E-state index in [1.807, 2.05) is 24.3 Å². The van der Waals surface area contributed by atoms with E-state index in [9.17, 15) is 10.1 Å². The van der Waals surface area contributed by atoms with Gasteiger partial charge in [0.25, 0.3) is 0 Å². The van der Waals surface area contributed by atoms with Crippen molar-refractivity contribution in [2.24, 2.45) is 0 Å². The molecule has 0 radical (unpaired) electrons. The topological polar surface area (TPSA) is 109 Å². The first kappa shape index (κ1) is 18.9. The predicted molar refractivity (Wildman–Crippen MR) is 102 cm³/mol. The largest absolute Gasteiger partial charge is 0.497 e. The number of ether oxygens (including phenoxy) is 3. The van der Waals surface area contributed by atoms with Crippen molar-refractivity contribution in [3.05, 3.63) is 70.5 Å². The second-order valence-corrected chi connectivity index (χ2v) is 5.59. The number of nitro groups is 1. The fraction of sp³-hybridized carbons (Fsp3) is 0.158. The summed E-state index contributed by atoms with van der Waals surface area (Å²) < 4.78 is 16.0. The second kappa shape index (κ2) is 8.67. The lowest BCUT2D eigenvalue weighted by Gasteiger charge is -2.11. The summed E-state index contributed by atoms with van der Waals surface area (Å²) in [4.78, 5) is 19.0. The van der Waals surface area contributed by atoms with Crippen LogP contribution in [0.3, 0.4) is 0 Å². The van der Waals surface area contributed by atoms with Crippen molar-refractivity contribution in [3.8, 4) is 23.1 Å². The number of anilines is 1.